The lowest BCUT2D eigenvalue weighted by Gasteiger charge is -2.22. The number of ether oxygens (including phenoxy) is 1. The van der Waals surface area contributed by atoms with Gasteiger partial charge in [0.25, 0.3) is 0 Å². The largest absolute Gasteiger partial charge is 0.476 e. The minimum atomic E-state index is -4.35. The van der Waals surface area contributed by atoms with Crippen LogP contribution in [0.1, 0.15) is 18.4 Å². The highest BCUT2D eigenvalue weighted by atomic mass is 19.4. The number of hydrogen-bond acceptors (Lipinski definition) is 5. The number of alkyl halides is 3. The van der Waals surface area contributed by atoms with Crippen molar-refractivity contribution in [2.24, 2.45) is 5.92 Å². The lowest BCUT2D eigenvalue weighted by atomic mass is 9.99. The molecule has 1 aliphatic heterocycles. The summed E-state index contributed by atoms with van der Waals surface area (Å²) < 4.78 is 43.9. The van der Waals surface area contributed by atoms with Crippen LogP contribution in [0.3, 0.4) is 0 Å². The Bertz CT molecular complexity index is 970. The molecule has 4 rings (SSSR count). The van der Waals surface area contributed by atoms with E-state index >= 15 is 0 Å². The molecule has 0 aliphatic carbocycles. The molecule has 29 heavy (non-hydrogen) atoms. The van der Waals surface area contributed by atoms with Gasteiger partial charge in [0.15, 0.2) is 0 Å². The Balaban J connectivity index is 1.46. The highest BCUT2D eigenvalue weighted by molar-refractivity contribution is 5.80. The highest BCUT2D eigenvalue weighted by Gasteiger charge is 2.29. The van der Waals surface area contributed by atoms with Crippen molar-refractivity contribution in [3.05, 3.63) is 54.2 Å². The fraction of sp³-hybridized carbons (Fsp3) is 0.333. The van der Waals surface area contributed by atoms with Crippen LogP contribution in [0.2, 0.25) is 0 Å². The SMILES string of the molecule is FC(F)(F)c1ccc(Nc2ccc3ncc(OCC4CCNCC4)nc3c2)cc1. The van der Waals surface area contributed by atoms with E-state index in [1.54, 1.807) is 12.3 Å². The summed E-state index contributed by atoms with van der Waals surface area (Å²) in [4.78, 5) is 8.90. The molecule has 3 aromatic rings. The molecule has 2 N–H and O–H groups in total. The zero-order valence-corrected chi connectivity index (χ0v) is 15.7. The average molecular weight is 402 g/mol. The number of hydrogen-bond donors (Lipinski definition) is 2. The number of halogens is 3. The number of rotatable bonds is 5. The number of aromatic nitrogens is 2. The maximum Gasteiger partial charge on any atom is 0.416 e. The molecule has 1 aromatic heterocycles. The standard InChI is InChI=1S/C21H21F3N4O/c22-21(23,24)15-1-3-16(4-2-15)27-17-5-6-18-19(11-17)28-20(12-26-18)29-13-14-7-9-25-10-8-14/h1-6,11-12,14,25,27H,7-10,13H2. The van der Waals surface area contributed by atoms with Crippen LogP contribution in [0.5, 0.6) is 5.88 Å². The molecule has 152 valence electrons. The van der Waals surface area contributed by atoms with Gasteiger partial charge in [-0.15, -0.1) is 0 Å². The summed E-state index contributed by atoms with van der Waals surface area (Å²) in [7, 11) is 0. The van der Waals surface area contributed by atoms with Gasteiger partial charge in [-0.2, -0.15) is 13.2 Å². The first-order chi connectivity index (χ1) is 14.0. The predicted octanol–water partition coefficient (Wildman–Crippen LogP) is 4.77. The second kappa shape index (κ2) is 8.24. The van der Waals surface area contributed by atoms with Crippen LogP contribution in [0.4, 0.5) is 24.5 Å². The minimum absolute atomic E-state index is 0.475. The number of benzene rings is 2. The molecular formula is C21H21F3N4O. The number of nitrogens with one attached hydrogen (secondary N) is 2. The van der Waals surface area contributed by atoms with Gasteiger partial charge in [0.1, 0.15) is 0 Å². The van der Waals surface area contributed by atoms with Gasteiger partial charge in [0, 0.05) is 11.4 Å². The molecule has 0 amide bonds. The van der Waals surface area contributed by atoms with Gasteiger partial charge in [-0.1, -0.05) is 0 Å². The summed E-state index contributed by atoms with van der Waals surface area (Å²) in [5.74, 6) is 0.990. The van der Waals surface area contributed by atoms with Crippen LogP contribution in [-0.2, 0) is 6.18 Å². The fourth-order valence-electron chi connectivity index (χ4n) is 3.30. The van der Waals surface area contributed by atoms with E-state index in [4.69, 9.17) is 4.74 Å². The molecule has 0 spiro atoms. The summed E-state index contributed by atoms with van der Waals surface area (Å²) in [6.45, 7) is 2.64. The quantitative estimate of drug-likeness (QED) is 0.644. The topological polar surface area (TPSA) is 59.1 Å². The Kier molecular flexibility index (Phi) is 5.53. The summed E-state index contributed by atoms with van der Waals surface area (Å²) in [6.07, 6.45) is -0.557. The van der Waals surface area contributed by atoms with Crippen molar-refractivity contribution in [2.75, 3.05) is 25.0 Å². The molecule has 1 saturated heterocycles. The lowest BCUT2D eigenvalue weighted by Crippen LogP contribution is -2.30. The molecule has 2 heterocycles. The third-order valence-corrected chi connectivity index (χ3v) is 4.95. The molecule has 0 bridgehead atoms. The fourth-order valence-corrected chi connectivity index (χ4v) is 3.30. The summed E-state index contributed by atoms with van der Waals surface area (Å²) in [5, 5.41) is 6.42. The van der Waals surface area contributed by atoms with Crippen LogP contribution in [-0.4, -0.2) is 29.7 Å². The third kappa shape index (κ3) is 4.95. The van der Waals surface area contributed by atoms with E-state index in [1.807, 2.05) is 12.1 Å². The number of anilines is 2. The molecule has 0 saturated carbocycles. The van der Waals surface area contributed by atoms with E-state index in [0.29, 0.717) is 35.3 Å². The maximum atomic E-state index is 12.7. The van der Waals surface area contributed by atoms with Gasteiger partial charge in [0.2, 0.25) is 5.88 Å². The maximum absolute atomic E-state index is 12.7. The van der Waals surface area contributed by atoms with Crippen LogP contribution in [0, 0.1) is 5.92 Å². The van der Waals surface area contributed by atoms with Crippen molar-refractivity contribution in [1.82, 2.24) is 15.3 Å². The Hall–Kier alpha value is -2.87. The summed E-state index contributed by atoms with van der Waals surface area (Å²) >= 11 is 0. The monoisotopic (exact) mass is 402 g/mol. The second-order valence-electron chi connectivity index (χ2n) is 7.12. The van der Waals surface area contributed by atoms with E-state index < -0.39 is 11.7 Å². The first-order valence-electron chi connectivity index (χ1n) is 9.52. The van der Waals surface area contributed by atoms with Crippen LogP contribution < -0.4 is 15.4 Å². The zero-order chi connectivity index (χ0) is 20.3. The van der Waals surface area contributed by atoms with Gasteiger partial charge in [-0.25, -0.2) is 9.97 Å². The average Bonchev–Trinajstić information content (AvgIpc) is 2.72. The number of piperidine rings is 1. The van der Waals surface area contributed by atoms with E-state index in [2.05, 4.69) is 20.6 Å². The normalized spacial score (nSPS) is 15.4. The molecule has 0 radical (unpaired) electrons. The minimum Gasteiger partial charge on any atom is -0.476 e. The number of nitrogens with zero attached hydrogens (tertiary/aromatic N) is 2. The zero-order valence-electron chi connectivity index (χ0n) is 15.7. The van der Waals surface area contributed by atoms with Crippen molar-refractivity contribution in [2.45, 2.75) is 19.0 Å². The smallest absolute Gasteiger partial charge is 0.416 e. The van der Waals surface area contributed by atoms with Crippen LogP contribution >= 0.6 is 0 Å². The predicted molar refractivity (Wildman–Crippen MR) is 105 cm³/mol. The molecule has 5 nitrogen and oxygen atoms in total. The van der Waals surface area contributed by atoms with Gasteiger partial charge >= 0.3 is 6.18 Å². The van der Waals surface area contributed by atoms with Gasteiger partial charge in [-0.05, 0) is 74.3 Å². The first-order valence-corrected chi connectivity index (χ1v) is 9.52. The molecule has 1 aliphatic rings. The van der Waals surface area contributed by atoms with Crippen molar-refractivity contribution in [3.8, 4) is 5.88 Å². The van der Waals surface area contributed by atoms with Crippen molar-refractivity contribution >= 4 is 22.4 Å². The molecule has 0 atom stereocenters. The highest BCUT2D eigenvalue weighted by Crippen LogP contribution is 2.30. The van der Waals surface area contributed by atoms with Crippen molar-refractivity contribution < 1.29 is 17.9 Å². The van der Waals surface area contributed by atoms with Crippen molar-refractivity contribution in [3.63, 3.8) is 0 Å². The van der Waals surface area contributed by atoms with E-state index in [1.165, 1.54) is 12.1 Å². The molecular weight excluding hydrogens is 381 g/mol. The molecule has 8 heteroatoms. The first kappa shape index (κ1) is 19.4. The van der Waals surface area contributed by atoms with E-state index in [-0.39, 0.29) is 0 Å². The Morgan fingerprint density at radius 2 is 1.72 bits per heavy atom. The Morgan fingerprint density at radius 3 is 2.45 bits per heavy atom. The second-order valence-corrected chi connectivity index (χ2v) is 7.12. The number of fused-ring (bicyclic) bond motifs is 1. The molecule has 2 aromatic carbocycles. The van der Waals surface area contributed by atoms with Crippen LogP contribution in [0.25, 0.3) is 11.0 Å². The van der Waals surface area contributed by atoms with Crippen molar-refractivity contribution in [1.29, 1.82) is 0 Å². The van der Waals surface area contributed by atoms with E-state index in [9.17, 15) is 13.2 Å². The summed E-state index contributed by atoms with van der Waals surface area (Å²) in [6, 6.07) is 10.3. The Labute approximate surface area is 166 Å². The molecule has 1 fully saturated rings. The lowest BCUT2D eigenvalue weighted by molar-refractivity contribution is -0.137. The Morgan fingerprint density at radius 1 is 1.00 bits per heavy atom. The van der Waals surface area contributed by atoms with E-state index in [0.717, 1.165) is 43.6 Å². The third-order valence-electron chi connectivity index (χ3n) is 4.95. The van der Waals surface area contributed by atoms with Gasteiger partial charge < -0.3 is 15.4 Å². The van der Waals surface area contributed by atoms with Gasteiger partial charge in [0.05, 0.1) is 29.4 Å². The summed E-state index contributed by atoms with van der Waals surface area (Å²) in [5.41, 5.74) is 1.97. The molecule has 0 unspecified atom stereocenters. The van der Waals surface area contributed by atoms with Crippen LogP contribution in [0.15, 0.2) is 48.7 Å². The van der Waals surface area contributed by atoms with Gasteiger partial charge in [-0.3, -0.25) is 0 Å².